The molecule has 0 spiro atoms. The molecule has 0 aliphatic carbocycles. The Hall–Kier alpha value is -3.52. The Bertz CT molecular complexity index is 1060. The van der Waals surface area contributed by atoms with Gasteiger partial charge in [0.15, 0.2) is 0 Å². The fourth-order valence-corrected chi connectivity index (χ4v) is 3.60. The number of aromatic nitrogens is 1. The lowest BCUT2D eigenvalue weighted by molar-refractivity contribution is 0.252. The van der Waals surface area contributed by atoms with Gasteiger partial charge in [-0.05, 0) is 24.3 Å². The molecule has 1 heterocycles. The molecule has 3 aromatic rings. The third kappa shape index (κ3) is 4.85. The third-order valence-corrected chi connectivity index (χ3v) is 4.94. The molecule has 8 heteroatoms. The summed E-state index contributed by atoms with van der Waals surface area (Å²) < 4.78 is 12.7. The molecule has 0 aliphatic heterocycles. The minimum Gasteiger partial charge on any atom is -0.497 e. The highest BCUT2D eigenvalue weighted by Crippen LogP contribution is 2.33. The normalized spacial score (nSPS) is 11.0. The Morgan fingerprint density at radius 1 is 1.21 bits per heavy atom. The highest BCUT2D eigenvalue weighted by atomic mass is 32.1. The van der Waals surface area contributed by atoms with E-state index in [2.05, 4.69) is 22.4 Å². The van der Waals surface area contributed by atoms with Crippen LogP contribution in [0.4, 0.5) is 10.5 Å². The molecule has 2 amide bonds. The molecule has 3 rings (SSSR count). The van der Waals surface area contributed by atoms with Crippen molar-refractivity contribution in [1.82, 2.24) is 9.99 Å². The summed E-state index contributed by atoms with van der Waals surface area (Å²) in [4.78, 5) is 12.8. The zero-order valence-electron chi connectivity index (χ0n) is 16.2. The van der Waals surface area contributed by atoms with Gasteiger partial charge in [0.25, 0.3) is 0 Å². The van der Waals surface area contributed by atoms with Crippen LogP contribution >= 0.6 is 11.3 Å². The number of anilines is 1. The predicted molar refractivity (Wildman–Crippen MR) is 115 cm³/mol. The van der Waals surface area contributed by atoms with Crippen LogP contribution in [0.25, 0.3) is 11.3 Å². The number of rotatable bonds is 7. The van der Waals surface area contributed by atoms with Crippen LogP contribution in [0.1, 0.15) is 0 Å². The molecule has 29 heavy (non-hydrogen) atoms. The van der Waals surface area contributed by atoms with Gasteiger partial charge in [0.05, 0.1) is 19.9 Å². The largest absolute Gasteiger partial charge is 0.497 e. The van der Waals surface area contributed by atoms with Gasteiger partial charge in [0.2, 0.25) is 4.80 Å². The van der Waals surface area contributed by atoms with Crippen molar-refractivity contribution in [2.45, 2.75) is 6.54 Å². The molecule has 7 nitrogen and oxygen atoms in total. The van der Waals surface area contributed by atoms with E-state index in [1.54, 1.807) is 32.4 Å². The smallest absolute Gasteiger partial charge is 0.339 e. The van der Waals surface area contributed by atoms with Crippen molar-refractivity contribution >= 4 is 23.1 Å². The first-order valence-corrected chi connectivity index (χ1v) is 9.71. The number of amides is 2. The maximum Gasteiger partial charge on any atom is 0.339 e. The first kappa shape index (κ1) is 20.2. The number of hydrogen-bond acceptors (Lipinski definition) is 5. The molecule has 0 saturated carbocycles. The minimum absolute atomic E-state index is 0.418. The Morgan fingerprint density at radius 3 is 2.69 bits per heavy atom. The lowest BCUT2D eigenvalue weighted by Crippen LogP contribution is -2.28. The van der Waals surface area contributed by atoms with Gasteiger partial charge in [-0.2, -0.15) is 0 Å². The average Bonchev–Trinajstić information content (AvgIpc) is 3.15. The maximum absolute atomic E-state index is 12.1. The van der Waals surface area contributed by atoms with E-state index in [9.17, 15) is 4.79 Å². The number of allylic oxidation sites excluding steroid dienone is 1. The highest BCUT2D eigenvalue weighted by molar-refractivity contribution is 7.07. The van der Waals surface area contributed by atoms with Crippen LogP contribution in [-0.2, 0) is 6.54 Å². The number of methoxy groups -OCH3 is 2. The highest BCUT2D eigenvalue weighted by Gasteiger charge is 2.13. The minimum atomic E-state index is -0.418. The first-order valence-electron chi connectivity index (χ1n) is 8.83. The second-order valence-corrected chi connectivity index (χ2v) is 6.75. The monoisotopic (exact) mass is 410 g/mol. The zero-order valence-corrected chi connectivity index (χ0v) is 17.0. The Morgan fingerprint density at radius 2 is 2.00 bits per heavy atom. The van der Waals surface area contributed by atoms with Gasteiger partial charge in [-0.15, -0.1) is 23.0 Å². The van der Waals surface area contributed by atoms with Crippen LogP contribution in [-0.4, -0.2) is 24.8 Å². The fraction of sp³-hybridized carbons (Fsp3) is 0.143. The number of para-hydroxylation sites is 1. The van der Waals surface area contributed by atoms with E-state index in [4.69, 9.17) is 9.47 Å². The Balaban J connectivity index is 1.90. The van der Waals surface area contributed by atoms with E-state index in [0.29, 0.717) is 28.5 Å². The summed E-state index contributed by atoms with van der Waals surface area (Å²) in [6.45, 7) is 4.35. The van der Waals surface area contributed by atoms with Gasteiger partial charge < -0.3 is 19.4 Å². The average molecular weight is 410 g/mol. The number of ether oxygens (including phenoxy) is 2. The van der Waals surface area contributed by atoms with Crippen molar-refractivity contribution < 1.29 is 14.3 Å². The van der Waals surface area contributed by atoms with E-state index in [1.807, 2.05) is 46.3 Å². The van der Waals surface area contributed by atoms with Crippen molar-refractivity contribution in [2.75, 3.05) is 19.5 Å². The second-order valence-electron chi connectivity index (χ2n) is 5.91. The summed E-state index contributed by atoms with van der Waals surface area (Å²) in [6.07, 6.45) is 1.77. The molecule has 0 atom stereocenters. The number of carbonyl (C=O) groups is 1. The standard InChI is InChI=1S/C21H22N4O3S/c1-4-12-25-18(17-11-10-16(27-2)13-19(17)28-3)14-29-21(25)24-23-20(26)22-15-8-6-5-7-9-15/h4-11,13-14H,1,12H2,2-3H3,(H2,22,23,26)/b24-21-. The summed E-state index contributed by atoms with van der Waals surface area (Å²) in [5.74, 6) is 1.39. The van der Waals surface area contributed by atoms with Crippen molar-refractivity contribution in [3.8, 4) is 22.8 Å². The van der Waals surface area contributed by atoms with Crippen molar-refractivity contribution in [3.05, 3.63) is 71.4 Å². The second kappa shape index (κ2) is 9.61. The molecule has 1 aromatic heterocycles. The lowest BCUT2D eigenvalue weighted by atomic mass is 10.1. The maximum atomic E-state index is 12.1. The number of thiazole rings is 1. The first-order chi connectivity index (χ1) is 14.2. The molecule has 0 radical (unpaired) electrons. The molecule has 150 valence electrons. The molecule has 2 N–H and O–H groups in total. The summed E-state index contributed by atoms with van der Waals surface area (Å²) in [7, 11) is 3.23. The molecule has 0 saturated heterocycles. The molecule has 0 fully saturated rings. The summed E-state index contributed by atoms with van der Waals surface area (Å²) >= 11 is 1.41. The molecular formula is C21H22N4O3S. The number of hydrogen-bond donors (Lipinski definition) is 2. The van der Waals surface area contributed by atoms with Crippen LogP contribution in [0.5, 0.6) is 11.5 Å². The zero-order chi connectivity index (χ0) is 20.6. The van der Waals surface area contributed by atoms with Gasteiger partial charge in [0, 0.05) is 29.2 Å². The number of nitrogens with zero attached hydrogens (tertiary/aromatic N) is 2. The van der Waals surface area contributed by atoms with Crippen molar-refractivity contribution in [1.29, 1.82) is 0 Å². The molecule has 0 aliphatic rings. The summed E-state index contributed by atoms with van der Waals surface area (Å²) in [6, 6.07) is 14.4. The molecule has 2 aromatic carbocycles. The van der Waals surface area contributed by atoms with Crippen LogP contribution < -0.4 is 25.0 Å². The predicted octanol–water partition coefficient (Wildman–Crippen LogP) is 4.06. The number of carbonyl (C=O) groups excluding carboxylic acids is 1. The Labute approximate surface area is 172 Å². The molecule has 0 bridgehead atoms. The van der Waals surface area contributed by atoms with Crippen LogP contribution in [0.2, 0.25) is 0 Å². The topological polar surface area (TPSA) is 76.9 Å². The van der Waals surface area contributed by atoms with Gasteiger partial charge in [-0.25, -0.2) is 10.2 Å². The van der Waals surface area contributed by atoms with Crippen LogP contribution in [0, 0.1) is 0 Å². The van der Waals surface area contributed by atoms with Gasteiger partial charge in [-0.3, -0.25) is 0 Å². The quantitative estimate of drug-likeness (QED) is 0.456. The fourth-order valence-electron chi connectivity index (χ4n) is 2.73. The van der Waals surface area contributed by atoms with Gasteiger partial charge in [0.1, 0.15) is 11.5 Å². The van der Waals surface area contributed by atoms with Crippen molar-refractivity contribution in [3.63, 3.8) is 0 Å². The van der Waals surface area contributed by atoms with E-state index in [1.165, 1.54) is 11.3 Å². The molecular weight excluding hydrogens is 388 g/mol. The SMILES string of the molecule is C=CCn1c(-c2ccc(OC)cc2OC)cs/c1=N\NC(=O)Nc1ccccc1. The van der Waals surface area contributed by atoms with E-state index in [0.717, 1.165) is 11.3 Å². The lowest BCUT2D eigenvalue weighted by Gasteiger charge is -2.12. The van der Waals surface area contributed by atoms with Crippen LogP contribution in [0.3, 0.4) is 0 Å². The van der Waals surface area contributed by atoms with E-state index in [-0.39, 0.29) is 0 Å². The molecule has 0 unspecified atom stereocenters. The summed E-state index contributed by atoms with van der Waals surface area (Å²) in [5, 5.41) is 8.95. The number of urea groups is 1. The Kier molecular flexibility index (Phi) is 6.70. The van der Waals surface area contributed by atoms with E-state index >= 15 is 0 Å². The number of nitrogens with one attached hydrogen (secondary N) is 2. The number of benzene rings is 2. The summed E-state index contributed by atoms with van der Waals surface area (Å²) in [5.41, 5.74) is 5.02. The van der Waals surface area contributed by atoms with E-state index < -0.39 is 6.03 Å². The van der Waals surface area contributed by atoms with Crippen molar-refractivity contribution in [2.24, 2.45) is 5.10 Å². The van der Waals surface area contributed by atoms with Gasteiger partial charge in [-0.1, -0.05) is 24.3 Å². The van der Waals surface area contributed by atoms with Gasteiger partial charge >= 0.3 is 6.03 Å². The third-order valence-electron chi connectivity index (χ3n) is 4.08. The van der Waals surface area contributed by atoms with Crippen LogP contribution in [0.15, 0.2) is 71.7 Å².